The molecule has 0 bridgehead atoms. The number of rotatable bonds is 3. The molecule has 0 amide bonds. The lowest BCUT2D eigenvalue weighted by Crippen LogP contribution is -2.19. The van der Waals surface area contributed by atoms with Gasteiger partial charge in [0.1, 0.15) is 5.58 Å². The first-order valence-electron chi connectivity index (χ1n) is 20.5. The maximum atomic E-state index is 7.20. The number of hydrogen-bond donors (Lipinski definition) is 0. The van der Waals surface area contributed by atoms with E-state index in [9.17, 15) is 0 Å². The van der Waals surface area contributed by atoms with E-state index in [0.29, 0.717) is 0 Å². The summed E-state index contributed by atoms with van der Waals surface area (Å²) in [6, 6.07) is 41.9. The second kappa shape index (κ2) is 11.7. The van der Waals surface area contributed by atoms with Gasteiger partial charge in [0.05, 0.1) is 5.69 Å². The maximum Gasteiger partial charge on any atom is 0.159 e. The van der Waals surface area contributed by atoms with E-state index in [0.717, 1.165) is 33.6 Å². The molecule has 0 saturated heterocycles. The second-order valence-electron chi connectivity index (χ2n) is 20.8. The minimum absolute atomic E-state index is 0.0751. The van der Waals surface area contributed by atoms with Crippen molar-refractivity contribution in [2.75, 3.05) is 4.90 Å². The van der Waals surface area contributed by atoms with Gasteiger partial charge in [-0.15, -0.1) is 0 Å². The van der Waals surface area contributed by atoms with E-state index in [1.165, 1.54) is 66.6 Å². The molecule has 0 saturated carbocycles. The van der Waals surface area contributed by atoms with Crippen LogP contribution in [0.4, 0.5) is 17.1 Å². The Balaban J connectivity index is 1.34. The molecule has 0 unspecified atom stereocenters. The zero-order valence-electron chi connectivity index (χ0n) is 35.7. The van der Waals surface area contributed by atoms with Crippen molar-refractivity contribution in [3.05, 3.63) is 148 Å². The van der Waals surface area contributed by atoms with Crippen LogP contribution in [0.2, 0.25) is 0 Å². The summed E-state index contributed by atoms with van der Waals surface area (Å²) in [5, 5.41) is 2.33. The van der Waals surface area contributed by atoms with Gasteiger partial charge in [-0.2, -0.15) is 0 Å². The van der Waals surface area contributed by atoms with Crippen LogP contribution in [0.25, 0.3) is 44.2 Å². The Bertz CT molecular complexity index is 2750. The molecule has 7 aromatic rings. The number of benzene rings is 6. The molecule has 9 rings (SSSR count). The molecule has 1 aromatic heterocycles. The number of para-hydroxylation sites is 1. The highest BCUT2D eigenvalue weighted by atomic mass is 16.3. The Morgan fingerprint density at radius 2 is 0.964 bits per heavy atom. The van der Waals surface area contributed by atoms with E-state index in [1.807, 2.05) is 0 Å². The number of furan rings is 1. The maximum absolute atomic E-state index is 7.20. The van der Waals surface area contributed by atoms with Crippen LogP contribution >= 0.6 is 0 Å². The molecule has 0 spiro atoms. The lowest BCUT2D eigenvalue weighted by Gasteiger charge is -2.31. The van der Waals surface area contributed by atoms with E-state index in [-0.39, 0.29) is 27.1 Å². The van der Waals surface area contributed by atoms with Crippen LogP contribution < -0.4 is 4.90 Å². The van der Waals surface area contributed by atoms with Gasteiger partial charge >= 0.3 is 0 Å². The summed E-state index contributed by atoms with van der Waals surface area (Å²) in [5.41, 5.74) is 19.6. The molecule has 2 heteroatoms. The van der Waals surface area contributed by atoms with Crippen molar-refractivity contribution in [3.63, 3.8) is 0 Å². The molecule has 0 atom stereocenters. The largest absolute Gasteiger partial charge is 0.454 e. The zero-order valence-corrected chi connectivity index (χ0v) is 35.7. The molecule has 0 aliphatic heterocycles. The van der Waals surface area contributed by atoms with Gasteiger partial charge < -0.3 is 9.32 Å². The molecule has 0 radical (unpaired) electrons. The molecule has 0 fully saturated rings. The topological polar surface area (TPSA) is 16.4 Å². The smallest absolute Gasteiger partial charge is 0.159 e. The van der Waals surface area contributed by atoms with Gasteiger partial charge in [0, 0.05) is 38.5 Å². The van der Waals surface area contributed by atoms with Gasteiger partial charge in [0.2, 0.25) is 0 Å². The summed E-state index contributed by atoms with van der Waals surface area (Å²) >= 11 is 0. The summed E-state index contributed by atoms with van der Waals surface area (Å²) in [6.07, 6.45) is 0. The highest BCUT2D eigenvalue weighted by Crippen LogP contribution is 2.55. The van der Waals surface area contributed by atoms with Crippen LogP contribution in [-0.2, 0) is 27.1 Å². The molecule has 284 valence electrons. The van der Waals surface area contributed by atoms with Crippen molar-refractivity contribution in [1.82, 2.24) is 0 Å². The first-order valence-corrected chi connectivity index (χ1v) is 20.5. The molecule has 1 heterocycles. The van der Waals surface area contributed by atoms with Crippen LogP contribution in [-0.4, -0.2) is 0 Å². The number of nitrogens with zero attached hydrogens (tertiary/aromatic N) is 1. The predicted octanol–water partition coefficient (Wildman–Crippen LogP) is 15.6. The van der Waals surface area contributed by atoms with Crippen LogP contribution in [0.5, 0.6) is 0 Å². The Kier molecular flexibility index (Phi) is 7.66. The lowest BCUT2D eigenvalue weighted by molar-refractivity contribution is 0.572. The average Bonchev–Trinajstić information content (AvgIpc) is 3.70. The van der Waals surface area contributed by atoms with Crippen LogP contribution in [0.15, 0.2) is 114 Å². The SMILES string of the molecule is CC(C)(C)c1ccc2c(c1)C(C)(C)c1cc(N(c3ccc4c(c3)C(C)(C)c3ccccc3-4)c3cc(C(C)(C)C)cc4c3oc3c(C(C)(C)C)cccc34)ccc1-2. The molecular weight excluding hydrogens is 679 g/mol. The Morgan fingerprint density at radius 1 is 0.429 bits per heavy atom. The van der Waals surface area contributed by atoms with Gasteiger partial charge in [-0.05, 0) is 108 Å². The van der Waals surface area contributed by atoms with Crippen molar-refractivity contribution in [2.24, 2.45) is 0 Å². The molecule has 0 N–H and O–H groups in total. The first kappa shape index (κ1) is 36.6. The fourth-order valence-corrected chi connectivity index (χ4v) is 9.66. The van der Waals surface area contributed by atoms with E-state index in [2.05, 4.69) is 204 Å². The third-order valence-electron chi connectivity index (χ3n) is 13.1. The second-order valence-corrected chi connectivity index (χ2v) is 20.8. The highest BCUT2D eigenvalue weighted by molar-refractivity contribution is 6.12. The quantitative estimate of drug-likeness (QED) is 0.180. The summed E-state index contributed by atoms with van der Waals surface area (Å²) < 4.78 is 7.20. The van der Waals surface area contributed by atoms with Crippen LogP contribution in [0, 0.1) is 0 Å². The van der Waals surface area contributed by atoms with Crippen molar-refractivity contribution >= 4 is 39.0 Å². The van der Waals surface area contributed by atoms with Gasteiger partial charge in [-0.3, -0.25) is 0 Å². The summed E-state index contributed by atoms with van der Waals surface area (Å²) in [7, 11) is 0. The minimum Gasteiger partial charge on any atom is -0.454 e. The average molecular weight is 736 g/mol. The van der Waals surface area contributed by atoms with E-state index in [1.54, 1.807) is 0 Å². The van der Waals surface area contributed by atoms with Crippen molar-refractivity contribution in [1.29, 1.82) is 0 Å². The molecule has 2 aliphatic carbocycles. The Labute approximate surface area is 334 Å². The van der Waals surface area contributed by atoms with E-state index >= 15 is 0 Å². The van der Waals surface area contributed by atoms with Gasteiger partial charge in [-0.1, -0.05) is 163 Å². The van der Waals surface area contributed by atoms with Gasteiger partial charge in [0.25, 0.3) is 0 Å². The molecule has 2 aliphatic rings. The molecular formula is C54H57NO. The summed E-state index contributed by atoms with van der Waals surface area (Å²) in [6.45, 7) is 30.3. The predicted molar refractivity (Wildman–Crippen MR) is 240 cm³/mol. The number of fused-ring (bicyclic) bond motifs is 9. The van der Waals surface area contributed by atoms with Gasteiger partial charge in [-0.25, -0.2) is 0 Å². The Morgan fingerprint density at radius 3 is 1.55 bits per heavy atom. The minimum atomic E-state index is -0.168. The number of anilines is 3. The first-order chi connectivity index (χ1) is 26.2. The van der Waals surface area contributed by atoms with Crippen molar-refractivity contribution < 1.29 is 4.42 Å². The van der Waals surface area contributed by atoms with Gasteiger partial charge in [0.15, 0.2) is 5.58 Å². The summed E-state index contributed by atoms with van der Waals surface area (Å²) in [5.74, 6) is 0. The molecule has 6 aromatic carbocycles. The third-order valence-corrected chi connectivity index (χ3v) is 13.1. The monoisotopic (exact) mass is 735 g/mol. The zero-order chi connectivity index (χ0) is 39.9. The van der Waals surface area contributed by atoms with Crippen molar-refractivity contribution in [2.45, 2.75) is 117 Å². The summed E-state index contributed by atoms with van der Waals surface area (Å²) in [4.78, 5) is 2.50. The highest BCUT2D eigenvalue weighted by Gasteiger charge is 2.39. The van der Waals surface area contributed by atoms with Crippen LogP contribution in [0.1, 0.15) is 129 Å². The fourth-order valence-electron chi connectivity index (χ4n) is 9.66. The van der Waals surface area contributed by atoms with E-state index in [4.69, 9.17) is 4.42 Å². The van der Waals surface area contributed by atoms with Crippen molar-refractivity contribution in [3.8, 4) is 22.3 Å². The third kappa shape index (κ3) is 5.35. The standard InChI is InChI=1S/C54H57NO/c1-50(2,3)32-21-24-37-39-26-23-35(31-46(39)54(12,13)44(37)28-32)55(34-22-25-38-36-17-14-15-19-42(36)53(10,11)45(38)30-34)47-29-33(51(4,5)6)27-41-40-18-16-20-43(52(7,8)9)48(40)56-49(41)47/h14-31H,1-13H3. The fraction of sp³-hybridized carbons (Fsp3) is 0.333. The Hall–Kier alpha value is -5.08. The van der Waals surface area contributed by atoms with Crippen LogP contribution in [0.3, 0.4) is 0 Å². The van der Waals surface area contributed by atoms with E-state index < -0.39 is 0 Å². The normalized spacial score (nSPS) is 15.5. The lowest BCUT2D eigenvalue weighted by atomic mass is 9.79. The number of hydrogen-bond acceptors (Lipinski definition) is 2. The molecule has 56 heavy (non-hydrogen) atoms. The molecule has 2 nitrogen and oxygen atoms in total.